The standard InChI is InChI=1S/C24H26N6O2/c1-17(4-3-9-25-2)18-5-8-22-21(14-18)23(29-28-22)24(31)27-19-6-7-20(26-15-19)16-30-10-12-32-13-11-30/h3-9,14-15H,2,10-13,16H2,1H3,(H,27,31)(H,28,29)/b9-3-,17-4+. The number of nitrogens with zero attached hydrogens (tertiary/aromatic N) is 4. The van der Waals surface area contributed by atoms with Gasteiger partial charge >= 0.3 is 0 Å². The smallest absolute Gasteiger partial charge is 0.276 e. The minimum absolute atomic E-state index is 0.284. The van der Waals surface area contributed by atoms with Gasteiger partial charge in [-0.1, -0.05) is 12.1 Å². The Kier molecular flexibility index (Phi) is 6.84. The highest BCUT2D eigenvalue weighted by molar-refractivity contribution is 6.11. The van der Waals surface area contributed by atoms with Gasteiger partial charge in [0.25, 0.3) is 5.91 Å². The van der Waals surface area contributed by atoms with Crippen LogP contribution >= 0.6 is 0 Å². The molecule has 0 saturated carbocycles. The monoisotopic (exact) mass is 430 g/mol. The van der Waals surface area contributed by atoms with E-state index in [1.54, 1.807) is 12.4 Å². The fourth-order valence-electron chi connectivity index (χ4n) is 3.55. The first-order chi connectivity index (χ1) is 15.6. The number of fused-ring (bicyclic) bond motifs is 1. The highest BCUT2D eigenvalue weighted by Crippen LogP contribution is 2.23. The Balaban J connectivity index is 1.47. The summed E-state index contributed by atoms with van der Waals surface area (Å²) >= 11 is 0. The minimum Gasteiger partial charge on any atom is -0.379 e. The zero-order valence-electron chi connectivity index (χ0n) is 18.0. The van der Waals surface area contributed by atoms with E-state index in [9.17, 15) is 4.79 Å². The van der Waals surface area contributed by atoms with Crippen LogP contribution in [0.2, 0.25) is 0 Å². The molecule has 164 valence electrons. The second-order valence-corrected chi connectivity index (χ2v) is 7.59. The number of aromatic amines is 1. The van der Waals surface area contributed by atoms with Crippen LogP contribution < -0.4 is 5.32 Å². The lowest BCUT2D eigenvalue weighted by molar-refractivity contribution is 0.0336. The minimum atomic E-state index is -0.284. The van der Waals surface area contributed by atoms with Crippen molar-refractivity contribution in [2.75, 3.05) is 31.6 Å². The van der Waals surface area contributed by atoms with Crippen LogP contribution in [0, 0.1) is 0 Å². The van der Waals surface area contributed by atoms with Crippen LogP contribution in [0.3, 0.4) is 0 Å². The second-order valence-electron chi connectivity index (χ2n) is 7.59. The molecule has 8 nitrogen and oxygen atoms in total. The Hall–Kier alpha value is -3.62. The normalized spacial score (nSPS) is 15.3. The molecule has 1 aromatic carbocycles. The fourth-order valence-corrected chi connectivity index (χ4v) is 3.55. The van der Waals surface area contributed by atoms with E-state index in [-0.39, 0.29) is 5.91 Å². The largest absolute Gasteiger partial charge is 0.379 e. The van der Waals surface area contributed by atoms with Gasteiger partial charge in [0, 0.05) is 31.2 Å². The number of carbonyl (C=O) groups excluding carboxylic acids is 1. The Morgan fingerprint density at radius 3 is 2.91 bits per heavy atom. The number of morpholine rings is 1. The van der Waals surface area contributed by atoms with Crippen LogP contribution in [-0.4, -0.2) is 59.0 Å². The lowest BCUT2D eigenvalue weighted by Crippen LogP contribution is -2.35. The lowest BCUT2D eigenvalue weighted by atomic mass is 10.0. The second kappa shape index (κ2) is 10.1. The van der Waals surface area contributed by atoms with Gasteiger partial charge in [0.1, 0.15) is 0 Å². The quantitative estimate of drug-likeness (QED) is 0.441. The summed E-state index contributed by atoms with van der Waals surface area (Å²) < 4.78 is 5.38. The van der Waals surface area contributed by atoms with Gasteiger partial charge in [-0.25, -0.2) is 0 Å². The van der Waals surface area contributed by atoms with Crippen molar-refractivity contribution in [1.29, 1.82) is 0 Å². The number of amides is 1. The van der Waals surface area contributed by atoms with Crippen LogP contribution in [0.15, 0.2) is 59.9 Å². The molecule has 0 unspecified atom stereocenters. The van der Waals surface area contributed by atoms with E-state index in [0.717, 1.165) is 60.6 Å². The molecule has 1 fully saturated rings. The number of H-pyrrole nitrogens is 1. The average molecular weight is 431 g/mol. The van der Waals surface area contributed by atoms with Crippen molar-refractivity contribution < 1.29 is 9.53 Å². The first kappa shape index (κ1) is 21.6. The first-order valence-electron chi connectivity index (χ1n) is 10.5. The Labute approximate surface area is 186 Å². The van der Waals surface area contributed by atoms with Gasteiger partial charge in [0.05, 0.1) is 36.3 Å². The molecule has 0 radical (unpaired) electrons. The van der Waals surface area contributed by atoms with E-state index >= 15 is 0 Å². The van der Waals surface area contributed by atoms with Crippen molar-refractivity contribution >= 4 is 34.8 Å². The van der Waals surface area contributed by atoms with Crippen molar-refractivity contribution in [1.82, 2.24) is 20.1 Å². The summed E-state index contributed by atoms with van der Waals surface area (Å²) in [6.45, 7) is 9.52. The van der Waals surface area contributed by atoms with Gasteiger partial charge in [-0.2, -0.15) is 5.10 Å². The van der Waals surface area contributed by atoms with Crippen LogP contribution in [0.4, 0.5) is 5.69 Å². The number of hydrogen-bond donors (Lipinski definition) is 2. The molecule has 32 heavy (non-hydrogen) atoms. The number of allylic oxidation sites excluding steroid dienone is 3. The third kappa shape index (κ3) is 5.16. The molecule has 1 amide bonds. The maximum atomic E-state index is 12.9. The number of rotatable bonds is 7. The van der Waals surface area contributed by atoms with Crippen molar-refractivity contribution in [3.05, 3.63) is 71.8 Å². The summed E-state index contributed by atoms with van der Waals surface area (Å²) in [4.78, 5) is 23.4. The predicted octanol–water partition coefficient (Wildman–Crippen LogP) is 3.66. The van der Waals surface area contributed by atoms with E-state index in [2.05, 4.69) is 37.1 Å². The molecule has 8 heteroatoms. The molecule has 0 bridgehead atoms. The van der Waals surface area contributed by atoms with Crippen LogP contribution in [-0.2, 0) is 11.3 Å². The molecule has 4 rings (SSSR count). The highest BCUT2D eigenvalue weighted by atomic mass is 16.5. The van der Waals surface area contributed by atoms with E-state index in [0.29, 0.717) is 11.4 Å². The molecule has 0 atom stereocenters. The van der Waals surface area contributed by atoms with E-state index in [4.69, 9.17) is 4.74 Å². The molecule has 0 spiro atoms. The lowest BCUT2D eigenvalue weighted by Gasteiger charge is -2.26. The number of ether oxygens (including phenoxy) is 1. The van der Waals surface area contributed by atoms with Gasteiger partial charge in [0.15, 0.2) is 5.69 Å². The topological polar surface area (TPSA) is 95.5 Å². The predicted molar refractivity (Wildman–Crippen MR) is 127 cm³/mol. The summed E-state index contributed by atoms with van der Waals surface area (Å²) in [5.74, 6) is -0.284. The molecule has 3 aromatic rings. The van der Waals surface area contributed by atoms with E-state index < -0.39 is 0 Å². The van der Waals surface area contributed by atoms with E-state index in [1.165, 1.54) is 0 Å². The maximum absolute atomic E-state index is 12.9. The number of aliphatic imine (C=N–C) groups is 1. The highest BCUT2D eigenvalue weighted by Gasteiger charge is 2.16. The fraction of sp³-hybridized carbons (Fsp3) is 0.250. The number of nitrogens with one attached hydrogen (secondary N) is 2. The molecular formula is C24H26N6O2. The Bertz CT molecular complexity index is 1160. The summed E-state index contributed by atoms with van der Waals surface area (Å²) in [6, 6.07) is 9.67. The van der Waals surface area contributed by atoms with E-state index in [1.807, 2.05) is 49.4 Å². The Morgan fingerprint density at radius 2 is 2.16 bits per heavy atom. The van der Waals surface area contributed by atoms with Gasteiger partial charge in [0.2, 0.25) is 0 Å². The van der Waals surface area contributed by atoms with Crippen LogP contribution in [0.1, 0.15) is 28.7 Å². The molecular weight excluding hydrogens is 404 g/mol. The van der Waals surface area contributed by atoms with Crippen molar-refractivity contribution in [3.63, 3.8) is 0 Å². The number of pyridine rings is 1. The third-order valence-electron chi connectivity index (χ3n) is 5.34. The molecule has 1 aliphatic heterocycles. The molecule has 3 heterocycles. The summed E-state index contributed by atoms with van der Waals surface area (Å²) in [6.07, 6.45) is 7.07. The number of carbonyl (C=O) groups is 1. The molecule has 1 aliphatic rings. The number of aromatic nitrogens is 3. The molecule has 1 saturated heterocycles. The Morgan fingerprint density at radius 1 is 1.31 bits per heavy atom. The summed E-state index contributed by atoms with van der Waals surface area (Å²) in [5, 5.41) is 10.8. The summed E-state index contributed by atoms with van der Waals surface area (Å²) in [7, 11) is 0. The van der Waals surface area contributed by atoms with Crippen LogP contribution in [0.5, 0.6) is 0 Å². The van der Waals surface area contributed by atoms with Gasteiger partial charge in [-0.15, -0.1) is 0 Å². The maximum Gasteiger partial charge on any atom is 0.276 e. The number of anilines is 1. The van der Waals surface area contributed by atoms with Gasteiger partial charge < -0.3 is 10.1 Å². The SMILES string of the molecule is C=N/C=C\C=C(/C)c1ccc2[nH]nc(C(=O)Nc3ccc(CN4CCOCC4)nc3)c2c1. The van der Waals surface area contributed by atoms with Crippen molar-refractivity contribution in [2.45, 2.75) is 13.5 Å². The summed E-state index contributed by atoms with van der Waals surface area (Å²) in [5.41, 5.74) is 4.77. The zero-order valence-corrected chi connectivity index (χ0v) is 18.0. The van der Waals surface area contributed by atoms with Gasteiger partial charge in [-0.3, -0.25) is 24.8 Å². The first-order valence-corrected chi connectivity index (χ1v) is 10.5. The molecule has 2 N–H and O–H groups in total. The zero-order chi connectivity index (χ0) is 22.3. The van der Waals surface area contributed by atoms with Crippen molar-refractivity contribution in [2.24, 2.45) is 4.99 Å². The third-order valence-corrected chi connectivity index (χ3v) is 5.34. The molecule has 2 aromatic heterocycles. The number of benzene rings is 1. The number of hydrogen-bond acceptors (Lipinski definition) is 6. The average Bonchev–Trinajstić information content (AvgIpc) is 3.24. The van der Waals surface area contributed by atoms with Crippen molar-refractivity contribution in [3.8, 4) is 0 Å². The van der Waals surface area contributed by atoms with Crippen LogP contribution in [0.25, 0.3) is 16.5 Å². The van der Waals surface area contributed by atoms with Gasteiger partial charge in [-0.05, 0) is 55.1 Å². The molecule has 0 aliphatic carbocycles.